The number of carboxylic acid groups (broad SMARTS) is 2. The Morgan fingerprint density at radius 2 is 1.92 bits per heavy atom. The highest BCUT2D eigenvalue weighted by Crippen LogP contribution is 2.00. The van der Waals surface area contributed by atoms with Crippen LogP contribution in [0.5, 0.6) is 0 Å². The topological polar surface area (TPSA) is 83.4 Å². The molecule has 0 saturated heterocycles. The quantitative estimate of drug-likeness (QED) is 0.593. The van der Waals surface area contributed by atoms with Gasteiger partial charge in [0.15, 0.2) is 0 Å². The second-order valence-electron chi connectivity index (χ2n) is 2.62. The van der Waals surface area contributed by atoms with E-state index >= 15 is 0 Å². The zero-order valence-corrected chi connectivity index (χ0v) is 7.18. The second kappa shape index (κ2) is 2.89. The predicted octanol–water partition coefficient (Wildman–Crippen LogP) is -0.754. The molecule has 0 saturated carbocycles. The number of carbonyl (C=O) groups is 2. The molecular weight excluding hydrogens is 176 g/mol. The van der Waals surface area contributed by atoms with Gasteiger partial charge in [0, 0.05) is 0 Å². The summed E-state index contributed by atoms with van der Waals surface area (Å²) in [7, 11) is 2.88. The van der Waals surface area contributed by atoms with Crippen LogP contribution in [-0.2, 0) is 14.1 Å². The van der Waals surface area contributed by atoms with E-state index in [4.69, 9.17) is 10.2 Å². The summed E-state index contributed by atoms with van der Waals surface area (Å²) in [5, 5.41) is 17.4. The molecule has 0 bridgehead atoms. The summed E-state index contributed by atoms with van der Waals surface area (Å²) >= 11 is 0. The van der Waals surface area contributed by atoms with Crippen molar-refractivity contribution >= 4 is 11.9 Å². The maximum absolute atomic E-state index is 10.6. The van der Waals surface area contributed by atoms with Gasteiger partial charge in [-0.05, 0) is 0 Å². The first-order valence-corrected chi connectivity index (χ1v) is 3.47. The molecule has 0 aliphatic rings. The highest BCUT2D eigenvalue weighted by Gasteiger charge is 2.28. The van der Waals surface area contributed by atoms with Crippen molar-refractivity contribution in [2.24, 2.45) is 14.1 Å². The van der Waals surface area contributed by atoms with Gasteiger partial charge in [-0.1, -0.05) is 0 Å². The molecule has 0 aliphatic heterocycles. The van der Waals surface area contributed by atoms with Crippen molar-refractivity contribution in [1.82, 2.24) is 4.57 Å². The molecule has 1 aromatic heterocycles. The van der Waals surface area contributed by atoms with E-state index in [9.17, 15) is 9.59 Å². The lowest BCUT2D eigenvalue weighted by molar-refractivity contribution is -0.673. The number of aryl methyl sites for hydroxylation is 1. The molecule has 0 aliphatic carbocycles. The van der Waals surface area contributed by atoms with Crippen LogP contribution < -0.4 is 4.57 Å². The SMILES string of the molecule is Cn1c(C(=O)O)c[n+](C)c1C(=O)O. The molecular formula is C7H9N2O4+. The maximum Gasteiger partial charge on any atom is 0.419 e. The van der Waals surface area contributed by atoms with Gasteiger partial charge in [-0.3, -0.25) is 0 Å². The summed E-state index contributed by atoms with van der Waals surface area (Å²) in [4.78, 5) is 21.2. The number of aromatic carboxylic acids is 2. The lowest BCUT2D eigenvalue weighted by atomic mass is 10.5. The minimum Gasteiger partial charge on any atom is -0.475 e. The van der Waals surface area contributed by atoms with Crippen LogP contribution in [0.15, 0.2) is 6.20 Å². The first-order valence-electron chi connectivity index (χ1n) is 3.47. The van der Waals surface area contributed by atoms with E-state index in [2.05, 4.69) is 0 Å². The highest BCUT2D eigenvalue weighted by molar-refractivity contribution is 5.88. The van der Waals surface area contributed by atoms with Gasteiger partial charge in [0.2, 0.25) is 0 Å². The Bertz CT molecular complexity index is 380. The molecule has 1 heterocycles. The Morgan fingerprint density at radius 3 is 2.15 bits per heavy atom. The zero-order valence-electron chi connectivity index (χ0n) is 7.18. The van der Waals surface area contributed by atoms with Crippen LogP contribution in [0.25, 0.3) is 0 Å². The number of aromatic nitrogens is 2. The summed E-state index contributed by atoms with van der Waals surface area (Å²) < 4.78 is 2.37. The third-order valence-corrected chi connectivity index (χ3v) is 1.74. The Balaban J connectivity index is 3.39. The second-order valence-corrected chi connectivity index (χ2v) is 2.62. The average molecular weight is 185 g/mol. The first kappa shape index (κ1) is 9.24. The molecule has 2 N–H and O–H groups in total. The fraction of sp³-hybridized carbons (Fsp3) is 0.286. The van der Waals surface area contributed by atoms with E-state index < -0.39 is 11.9 Å². The molecule has 13 heavy (non-hydrogen) atoms. The average Bonchev–Trinajstić information content (AvgIpc) is 2.26. The van der Waals surface area contributed by atoms with Crippen molar-refractivity contribution < 1.29 is 24.4 Å². The van der Waals surface area contributed by atoms with E-state index in [1.807, 2.05) is 0 Å². The van der Waals surface area contributed by atoms with Crippen molar-refractivity contribution in [3.63, 3.8) is 0 Å². The minimum absolute atomic E-state index is 0.0556. The van der Waals surface area contributed by atoms with E-state index in [1.165, 1.54) is 24.9 Å². The van der Waals surface area contributed by atoms with Gasteiger partial charge < -0.3 is 10.2 Å². The molecule has 70 valence electrons. The van der Waals surface area contributed by atoms with Gasteiger partial charge >= 0.3 is 17.8 Å². The Kier molecular flexibility index (Phi) is 2.05. The minimum atomic E-state index is -1.16. The predicted molar refractivity (Wildman–Crippen MR) is 40.5 cm³/mol. The molecule has 0 fully saturated rings. The monoisotopic (exact) mass is 185 g/mol. The number of carboxylic acids is 2. The standard InChI is InChI=1S/C7H8N2O4/c1-8-3-4(6(10)11)9(2)5(8)7(12)13/h3H,1-2H3,(H-,10,11,12,13)/p+1. The largest absolute Gasteiger partial charge is 0.475 e. The number of imidazole rings is 1. The van der Waals surface area contributed by atoms with Crippen molar-refractivity contribution in [2.75, 3.05) is 0 Å². The molecule has 0 aromatic carbocycles. The summed E-state index contributed by atoms with van der Waals surface area (Å²) in [6.45, 7) is 0. The Hall–Kier alpha value is -1.85. The van der Waals surface area contributed by atoms with Gasteiger partial charge in [0.1, 0.15) is 6.20 Å². The van der Waals surface area contributed by atoms with E-state index in [0.717, 1.165) is 4.57 Å². The van der Waals surface area contributed by atoms with Gasteiger partial charge in [0.25, 0.3) is 5.69 Å². The van der Waals surface area contributed by atoms with Crippen LogP contribution in [0.3, 0.4) is 0 Å². The van der Waals surface area contributed by atoms with Crippen molar-refractivity contribution in [1.29, 1.82) is 0 Å². The maximum atomic E-state index is 10.6. The lowest BCUT2D eigenvalue weighted by Crippen LogP contribution is -2.34. The fourth-order valence-corrected chi connectivity index (χ4v) is 1.17. The number of hydrogen-bond acceptors (Lipinski definition) is 2. The third kappa shape index (κ3) is 1.37. The highest BCUT2D eigenvalue weighted by atomic mass is 16.4. The molecule has 6 nitrogen and oxygen atoms in total. The number of nitrogens with zero attached hydrogens (tertiary/aromatic N) is 2. The van der Waals surface area contributed by atoms with Crippen LogP contribution in [0.1, 0.15) is 21.1 Å². The van der Waals surface area contributed by atoms with Gasteiger partial charge in [0.05, 0.1) is 14.1 Å². The van der Waals surface area contributed by atoms with E-state index in [-0.39, 0.29) is 11.5 Å². The summed E-state index contributed by atoms with van der Waals surface area (Å²) in [6, 6.07) is 0. The molecule has 1 rings (SSSR count). The Labute approximate surface area is 73.7 Å². The van der Waals surface area contributed by atoms with Gasteiger partial charge in [-0.2, -0.15) is 0 Å². The van der Waals surface area contributed by atoms with Gasteiger partial charge in [-0.15, -0.1) is 0 Å². The van der Waals surface area contributed by atoms with Crippen LogP contribution in [0, 0.1) is 0 Å². The summed E-state index contributed by atoms with van der Waals surface area (Å²) in [5.41, 5.74) is -0.0556. The van der Waals surface area contributed by atoms with Crippen LogP contribution >= 0.6 is 0 Å². The van der Waals surface area contributed by atoms with Gasteiger partial charge in [-0.25, -0.2) is 18.7 Å². The zero-order chi connectivity index (χ0) is 10.2. The molecule has 0 amide bonds. The van der Waals surface area contributed by atoms with Crippen LogP contribution in [0.2, 0.25) is 0 Å². The van der Waals surface area contributed by atoms with Crippen LogP contribution in [0.4, 0.5) is 0 Å². The van der Waals surface area contributed by atoms with Crippen molar-refractivity contribution in [2.45, 2.75) is 0 Å². The summed E-state index contributed by atoms with van der Waals surface area (Å²) in [6.07, 6.45) is 1.26. The number of rotatable bonds is 2. The normalized spacial score (nSPS) is 10.0. The molecule has 0 spiro atoms. The van der Waals surface area contributed by atoms with E-state index in [0.29, 0.717) is 0 Å². The molecule has 1 aromatic rings. The van der Waals surface area contributed by atoms with Crippen molar-refractivity contribution in [3.05, 3.63) is 17.7 Å². The van der Waals surface area contributed by atoms with E-state index in [1.54, 1.807) is 0 Å². The molecule has 6 heteroatoms. The first-order chi connectivity index (χ1) is 5.95. The Morgan fingerprint density at radius 1 is 1.38 bits per heavy atom. The molecule has 0 atom stereocenters. The van der Waals surface area contributed by atoms with Crippen LogP contribution in [-0.4, -0.2) is 26.7 Å². The molecule has 0 radical (unpaired) electrons. The van der Waals surface area contributed by atoms with Crippen molar-refractivity contribution in [3.8, 4) is 0 Å². The molecule has 0 unspecified atom stereocenters. The summed E-state index contributed by atoms with van der Waals surface area (Å²) in [5.74, 6) is -2.37. The number of hydrogen-bond donors (Lipinski definition) is 2. The fourth-order valence-electron chi connectivity index (χ4n) is 1.17. The smallest absolute Gasteiger partial charge is 0.419 e. The lowest BCUT2D eigenvalue weighted by Gasteiger charge is -1.90. The third-order valence-electron chi connectivity index (χ3n) is 1.74.